The molecule has 0 saturated carbocycles. The number of aryl methyl sites for hydroxylation is 2. The van der Waals surface area contributed by atoms with E-state index in [1.165, 1.54) is 0 Å². The molecule has 0 heterocycles. The highest BCUT2D eigenvalue weighted by molar-refractivity contribution is 6.03. The molecule has 1 aliphatic rings. The molecule has 1 aliphatic carbocycles. The van der Waals surface area contributed by atoms with Gasteiger partial charge in [-0.15, -0.1) is 0 Å². The smallest absolute Gasteiger partial charge is 0.167 e. The van der Waals surface area contributed by atoms with E-state index in [1.54, 1.807) is 6.92 Å². The molecule has 1 aromatic rings. The average molecular weight is 178 g/mol. The van der Waals surface area contributed by atoms with Crippen LogP contribution in [0.15, 0.2) is 12.1 Å². The number of phenols is 1. The van der Waals surface area contributed by atoms with Crippen molar-refractivity contribution in [3.8, 4) is 5.75 Å². The third kappa shape index (κ3) is 1.32. The fourth-order valence-electron chi connectivity index (χ4n) is 1.63. The van der Waals surface area contributed by atoms with Gasteiger partial charge in [-0.25, -0.2) is 0 Å². The Morgan fingerprint density at radius 1 is 1.31 bits per heavy atom. The number of hydrogen-bond donors (Lipinski definition) is 1. The van der Waals surface area contributed by atoms with Crippen molar-refractivity contribution in [1.29, 1.82) is 0 Å². The summed E-state index contributed by atoms with van der Waals surface area (Å²) in [7, 11) is 0. The summed E-state index contributed by atoms with van der Waals surface area (Å²) in [6.07, 6.45) is 1.33. The lowest BCUT2D eigenvalue weighted by atomic mass is 10.1. The van der Waals surface area contributed by atoms with Crippen molar-refractivity contribution in [2.24, 2.45) is 0 Å². The van der Waals surface area contributed by atoms with Gasteiger partial charge < -0.3 is 5.11 Å². The van der Waals surface area contributed by atoms with E-state index in [9.17, 15) is 9.90 Å². The Bertz CT molecular complexity index is 353. The molecule has 0 unspecified atom stereocenters. The van der Waals surface area contributed by atoms with E-state index in [4.69, 9.17) is 0 Å². The minimum absolute atomic E-state index is 0. The molecule has 0 bridgehead atoms. The maximum absolute atomic E-state index is 11.3. The van der Waals surface area contributed by atoms with Crippen LogP contribution in [0.25, 0.3) is 0 Å². The summed E-state index contributed by atoms with van der Waals surface area (Å²) in [4.78, 5) is 11.3. The Balaban J connectivity index is 0.000000845. The van der Waals surface area contributed by atoms with Crippen LogP contribution in [-0.4, -0.2) is 10.9 Å². The minimum atomic E-state index is 0. The largest absolute Gasteiger partial charge is 0.507 e. The van der Waals surface area contributed by atoms with Crippen molar-refractivity contribution in [1.82, 2.24) is 0 Å². The van der Waals surface area contributed by atoms with Gasteiger partial charge in [0.05, 0.1) is 5.56 Å². The molecule has 0 aromatic heterocycles. The maximum atomic E-state index is 11.3. The standard InChI is InChI=1S/C10H10O2.CH4/c1-6-2-3-7-4-5-8(11)9(7)10(6)12;/h2-3,12H,4-5H2,1H3;1H4. The second-order valence-corrected chi connectivity index (χ2v) is 3.19. The normalized spacial score (nSPS) is 13.8. The second-order valence-electron chi connectivity index (χ2n) is 3.19. The fraction of sp³-hybridized carbons (Fsp3) is 0.364. The first-order valence-corrected chi connectivity index (χ1v) is 4.05. The summed E-state index contributed by atoms with van der Waals surface area (Å²) in [6, 6.07) is 3.78. The summed E-state index contributed by atoms with van der Waals surface area (Å²) < 4.78 is 0. The molecule has 2 nitrogen and oxygen atoms in total. The Labute approximate surface area is 78.2 Å². The zero-order valence-electron chi connectivity index (χ0n) is 6.92. The van der Waals surface area contributed by atoms with E-state index in [0.717, 1.165) is 17.5 Å². The van der Waals surface area contributed by atoms with E-state index in [-0.39, 0.29) is 19.0 Å². The number of rotatable bonds is 0. The maximum Gasteiger partial charge on any atom is 0.167 e. The monoisotopic (exact) mass is 178 g/mol. The van der Waals surface area contributed by atoms with E-state index in [0.29, 0.717) is 12.0 Å². The summed E-state index contributed by atoms with van der Waals surface area (Å²) >= 11 is 0. The van der Waals surface area contributed by atoms with Crippen LogP contribution in [0.3, 0.4) is 0 Å². The number of Topliss-reactive ketones (excluding diaryl/α,β-unsaturated/α-hetero) is 1. The Kier molecular flexibility index (Phi) is 2.41. The SMILES string of the molecule is C.Cc1ccc2c(c1O)C(=O)CC2. The third-order valence-corrected chi connectivity index (χ3v) is 2.37. The number of fused-ring (bicyclic) bond motifs is 1. The predicted molar refractivity (Wildman–Crippen MR) is 52.2 cm³/mol. The molecule has 0 fully saturated rings. The van der Waals surface area contributed by atoms with E-state index < -0.39 is 0 Å². The number of benzene rings is 1. The molecule has 13 heavy (non-hydrogen) atoms. The zero-order chi connectivity index (χ0) is 8.72. The van der Waals surface area contributed by atoms with Crippen LogP contribution in [0.4, 0.5) is 0 Å². The molecule has 0 aliphatic heterocycles. The van der Waals surface area contributed by atoms with Gasteiger partial charge in [0.1, 0.15) is 5.75 Å². The molecule has 2 rings (SSSR count). The molecule has 0 saturated heterocycles. The number of hydrogen-bond acceptors (Lipinski definition) is 2. The van der Waals surface area contributed by atoms with Crippen LogP contribution in [-0.2, 0) is 6.42 Å². The Morgan fingerprint density at radius 2 is 2.00 bits per heavy atom. The van der Waals surface area contributed by atoms with Gasteiger partial charge in [-0.2, -0.15) is 0 Å². The van der Waals surface area contributed by atoms with E-state index in [2.05, 4.69) is 0 Å². The number of ketones is 1. The van der Waals surface area contributed by atoms with Crippen molar-refractivity contribution in [3.05, 3.63) is 28.8 Å². The molecule has 1 N–H and O–H groups in total. The molecule has 70 valence electrons. The Morgan fingerprint density at radius 3 is 2.69 bits per heavy atom. The van der Waals surface area contributed by atoms with Crippen LogP contribution in [0.5, 0.6) is 5.75 Å². The van der Waals surface area contributed by atoms with Gasteiger partial charge in [0, 0.05) is 6.42 Å². The molecule has 2 heteroatoms. The number of phenolic OH excluding ortho intramolecular Hbond substituents is 1. The zero-order valence-corrected chi connectivity index (χ0v) is 6.92. The first-order chi connectivity index (χ1) is 5.70. The second kappa shape index (κ2) is 3.21. The molecule has 0 atom stereocenters. The average Bonchev–Trinajstić information content (AvgIpc) is 2.41. The molecule has 0 amide bonds. The highest BCUT2D eigenvalue weighted by atomic mass is 16.3. The van der Waals surface area contributed by atoms with Crippen molar-refractivity contribution in [3.63, 3.8) is 0 Å². The van der Waals surface area contributed by atoms with Crippen molar-refractivity contribution in [2.45, 2.75) is 27.2 Å². The predicted octanol–water partition coefficient (Wildman–Crippen LogP) is 2.47. The first kappa shape index (κ1) is 9.78. The van der Waals surface area contributed by atoms with Crippen molar-refractivity contribution < 1.29 is 9.90 Å². The van der Waals surface area contributed by atoms with Gasteiger partial charge >= 0.3 is 0 Å². The van der Waals surface area contributed by atoms with Crippen LogP contribution in [0, 0.1) is 6.92 Å². The fourth-order valence-corrected chi connectivity index (χ4v) is 1.63. The topological polar surface area (TPSA) is 37.3 Å². The van der Waals surface area contributed by atoms with Crippen LogP contribution >= 0.6 is 0 Å². The van der Waals surface area contributed by atoms with Gasteiger partial charge in [-0.05, 0) is 24.5 Å². The number of carbonyl (C=O) groups excluding carboxylic acids is 1. The summed E-state index contributed by atoms with van der Waals surface area (Å²) in [5.74, 6) is 0.251. The van der Waals surface area contributed by atoms with Crippen molar-refractivity contribution >= 4 is 5.78 Å². The van der Waals surface area contributed by atoms with Gasteiger partial charge in [0.25, 0.3) is 0 Å². The van der Waals surface area contributed by atoms with Gasteiger partial charge in [-0.1, -0.05) is 19.6 Å². The van der Waals surface area contributed by atoms with Gasteiger partial charge in [0.15, 0.2) is 5.78 Å². The molecular formula is C11H14O2. The summed E-state index contributed by atoms with van der Waals surface area (Å²) in [5.41, 5.74) is 2.32. The first-order valence-electron chi connectivity index (χ1n) is 4.05. The van der Waals surface area contributed by atoms with E-state index in [1.807, 2.05) is 12.1 Å². The highest BCUT2D eigenvalue weighted by Crippen LogP contribution is 2.32. The third-order valence-electron chi connectivity index (χ3n) is 2.37. The number of aromatic hydroxyl groups is 1. The molecule has 0 radical (unpaired) electrons. The highest BCUT2D eigenvalue weighted by Gasteiger charge is 2.23. The van der Waals surface area contributed by atoms with Crippen LogP contribution in [0.2, 0.25) is 0 Å². The quantitative estimate of drug-likeness (QED) is 0.662. The molecule has 1 aromatic carbocycles. The Hall–Kier alpha value is -1.31. The van der Waals surface area contributed by atoms with Gasteiger partial charge in [0.2, 0.25) is 0 Å². The minimum Gasteiger partial charge on any atom is -0.507 e. The summed E-state index contributed by atoms with van der Waals surface area (Å²) in [6.45, 7) is 1.81. The summed E-state index contributed by atoms with van der Waals surface area (Å²) in [5, 5.41) is 9.57. The van der Waals surface area contributed by atoms with Gasteiger partial charge in [-0.3, -0.25) is 4.79 Å². The lowest BCUT2D eigenvalue weighted by Crippen LogP contribution is -1.93. The number of carbonyl (C=O) groups is 1. The lowest BCUT2D eigenvalue weighted by Gasteiger charge is -2.03. The molecular weight excluding hydrogens is 164 g/mol. The lowest BCUT2D eigenvalue weighted by molar-refractivity contribution is 0.0992. The molecule has 0 spiro atoms. The van der Waals surface area contributed by atoms with Crippen LogP contribution in [0.1, 0.15) is 35.3 Å². The van der Waals surface area contributed by atoms with E-state index >= 15 is 0 Å². The van der Waals surface area contributed by atoms with Crippen molar-refractivity contribution in [2.75, 3.05) is 0 Å². The van der Waals surface area contributed by atoms with Crippen LogP contribution < -0.4 is 0 Å².